The van der Waals surface area contributed by atoms with E-state index in [4.69, 9.17) is 5.11 Å². The van der Waals surface area contributed by atoms with Gasteiger partial charge in [0.25, 0.3) is 0 Å². The number of carboxylic acids is 1. The predicted octanol–water partition coefficient (Wildman–Crippen LogP) is 0.785. The number of hydrogen-bond acceptors (Lipinski definition) is 3. The Bertz CT molecular complexity index is 540. The van der Waals surface area contributed by atoms with Crippen LogP contribution in [0, 0.1) is 0 Å². The first kappa shape index (κ1) is 13.9. The maximum Gasteiger partial charge on any atom is 0.335 e. The topological polar surface area (TPSA) is 108 Å². The molecule has 7 nitrogen and oxygen atoms in total. The van der Waals surface area contributed by atoms with E-state index < -0.39 is 12.0 Å². The van der Waals surface area contributed by atoms with Crippen LogP contribution in [0.15, 0.2) is 24.3 Å². The normalized spacial score (nSPS) is 13.4. The Labute approximate surface area is 115 Å². The molecule has 0 atom stereocenters. The number of rotatable bonds is 5. The molecule has 4 N–H and O–H groups in total. The van der Waals surface area contributed by atoms with Crippen LogP contribution in [0.2, 0.25) is 0 Å². The number of hydrogen-bond donors (Lipinski definition) is 4. The van der Waals surface area contributed by atoms with Crippen molar-refractivity contribution in [2.75, 3.05) is 11.9 Å². The number of carboxylic acid groups (broad SMARTS) is 1. The summed E-state index contributed by atoms with van der Waals surface area (Å²) in [5.74, 6) is -1.31. The van der Waals surface area contributed by atoms with Crippen LogP contribution in [0.3, 0.4) is 0 Å². The van der Waals surface area contributed by atoms with E-state index in [1.54, 1.807) is 6.07 Å². The van der Waals surface area contributed by atoms with E-state index in [0.29, 0.717) is 5.69 Å². The van der Waals surface area contributed by atoms with E-state index in [1.165, 1.54) is 18.2 Å². The zero-order valence-electron chi connectivity index (χ0n) is 10.7. The third-order valence-electron chi connectivity index (χ3n) is 2.72. The highest BCUT2D eigenvalue weighted by molar-refractivity contribution is 5.94. The summed E-state index contributed by atoms with van der Waals surface area (Å²) >= 11 is 0. The van der Waals surface area contributed by atoms with Crippen LogP contribution >= 0.6 is 0 Å². The second-order valence-electron chi connectivity index (χ2n) is 4.54. The van der Waals surface area contributed by atoms with Crippen LogP contribution < -0.4 is 16.0 Å². The van der Waals surface area contributed by atoms with Crippen molar-refractivity contribution in [2.45, 2.75) is 18.9 Å². The van der Waals surface area contributed by atoms with Gasteiger partial charge < -0.3 is 21.1 Å². The van der Waals surface area contributed by atoms with Gasteiger partial charge in [-0.05, 0) is 31.0 Å². The minimum atomic E-state index is -1.07. The maximum absolute atomic E-state index is 11.5. The number of carbonyl (C=O) groups excluding carboxylic acids is 2. The Morgan fingerprint density at radius 2 is 2.00 bits per heavy atom. The van der Waals surface area contributed by atoms with E-state index in [0.717, 1.165) is 12.8 Å². The highest BCUT2D eigenvalue weighted by Crippen LogP contribution is 2.18. The number of amides is 3. The minimum Gasteiger partial charge on any atom is -0.478 e. The van der Waals surface area contributed by atoms with Crippen molar-refractivity contribution >= 4 is 23.6 Å². The predicted molar refractivity (Wildman–Crippen MR) is 71.6 cm³/mol. The van der Waals surface area contributed by atoms with Gasteiger partial charge >= 0.3 is 12.0 Å². The Balaban J connectivity index is 1.79. The Morgan fingerprint density at radius 3 is 2.65 bits per heavy atom. The fourth-order valence-electron chi connectivity index (χ4n) is 1.57. The van der Waals surface area contributed by atoms with Crippen molar-refractivity contribution in [3.63, 3.8) is 0 Å². The van der Waals surface area contributed by atoms with E-state index in [9.17, 15) is 14.4 Å². The highest BCUT2D eigenvalue weighted by Gasteiger charge is 2.23. The van der Waals surface area contributed by atoms with E-state index >= 15 is 0 Å². The number of urea groups is 1. The Hall–Kier alpha value is -2.57. The van der Waals surface area contributed by atoms with Gasteiger partial charge in [-0.3, -0.25) is 4.79 Å². The summed E-state index contributed by atoms with van der Waals surface area (Å²) < 4.78 is 0. The molecule has 0 aromatic heterocycles. The quantitative estimate of drug-likeness (QED) is 0.638. The van der Waals surface area contributed by atoms with Gasteiger partial charge in [-0.2, -0.15) is 0 Å². The van der Waals surface area contributed by atoms with Gasteiger partial charge in [-0.25, -0.2) is 9.59 Å². The first-order valence-corrected chi connectivity index (χ1v) is 6.22. The molecule has 7 heteroatoms. The van der Waals surface area contributed by atoms with E-state index in [2.05, 4.69) is 16.0 Å². The van der Waals surface area contributed by atoms with Crippen molar-refractivity contribution in [1.82, 2.24) is 10.6 Å². The molecule has 1 aromatic rings. The molecule has 1 saturated carbocycles. The van der Waals surface area contributed by atoms with Crippen LogP contribution in [-0.4, -0.2) is 35.6 Å². The lowest BCUT2D eigenvalue weighted by molar-refractivity contribution is -0.120. The molecule has 3 amide bonds. The maximum atomic E-state index is 11.5. The van der Waals surface area contributed by atoms with Gasteiger partial charge in [-0.15, -0.1) is 0 Å². The van der Waals surface area contributed by atoms with Crippen molar-refractivity contribution in [1.29, 1.82) is 0 Å². The molecule has 1 aromatic carbocycles. The third kappa shape index (κ3) is 4.27. The summed E-state index contributed by atoms with van der Waals surface area (Å²) in [4.78, 5) is 33.7. The Morgan fingerprint density at radius 1 is 1.25 bits per heavy atom. The van der Waals surface area contributed by atoms with E-state index in [-0.39, 0.29) is 24.1 Å². The second-order valence-corrected chi connectivity index (χ2v) is 4.54. The van der Waals surface area contributed by atoms with E-state index in [1.807, 2.05) is 0 Å². The zero-order chi connectivity index (χ0) is 14.5. The summed E-state index contributed by atoms with van der Waals surface area (Å²) in [6.07, 6.45) is 1.97. The monoisotopic (exact) mass is 277 g/mol. The fourth-order valence-corrected chi connectivity index (χ4v) is 1.57. The van der Waals surface area contributed by atoms with Crippen molar-refractivity contribution in [3.05, 3.63) is 29.8 Å². The number of benzene rings is 1. The van der Waals surface area contributed by atoms with Crippen molar-refractivity contribution < 1.29 is 19.5 Å². The van der Waals surface area contributed by atoms with Crippen LogP contribution in [0.25, 0.3) is 0 Å². The van der Waals surface area contributed by atoms with Crippen LogP contribution in [0.4, 0.5) is 10.5 Å². The number of anilines is 1. The van der Waals surface area contributed by atoms with Gasteiger partial charge in [0.1, 0.15) is 0 Å². The number of nitrogens with one attached hydrogen (secondary N) is 3. The molecular weight excluding hydrogens is 262 g/mol. The fraction of sp³-hybridized carbons (Fsp3) is 0.308. The molecule has 1 aliphatic carbocycles. The molecular formula is C13H15N3O4. The van der Waals surface area contributed by atoms with Crippen molar-refractivity contribution in [2.24, 2.45) is 0 Å². The Kier molecular flexibility index (Phi) is 4.19. The average Bonchev–Trinajstić information content (AvgIpc) is 3.20. The van der Waals surface area contributed by atoms with Gasteiger partial charge in [0.15, 0.2) is 0 Å². The van der Waals surface area contributed by atoms with Crippen LogP contribution in [0.1, 0.15) is 23.2 Å². The summed E-state index contributed by atoms with van der Waals surface area (Å²) in [7, 11) is 0. The lowest BCUT2D eigenvalue weighted by Crippen LogP contribution is -2.39. The lowest BCUT2D eigenvalue weighted by Gasteiger charge is -2.08. The molecule has 20 heavy (non-hydrogen) atoms. The second kappa shape index (κ2) is 6.05. The molecule has 106 valence electrons. The van der Waals surface area contributed by atoms with Gasteiger partial charge in [-0.1, -0.05) is 6.07 Å². The molecule has 0 aliphatic heterocycles. The summed E-state index contributed by atoms with van der Waals surface area (Å²) in [6, 6.07) is 5.55. The SMILES string of the molecule is O=C(CNC(=O)Nc1cccc(C(=O)O)c1)NC1CC1. The molecule has 0 radical (unpaired) electrons. The number of aromatic carboxylic acids is 1. The molecule has 1 aliphatic rings. The molecule has 0 bridgehead atoms. The molecule has 2 rings (SSSR count). The minimum absolute atomic E-state index is 0.0780. The molecule has 0 unspecified atom stereocenters. The molecule has 0 spiro atoms. The molecule has 0 saturated heterocycles. The largest absolute Gasteiger partial charge is 0.478 e. The van der Waals surface area contributed by atoms with Gasteiger partial charge in [0.2, 0.25) is 5.91 Å². The lowest BCUT2D eigenvalue weighted by atomic mass is 10.2. The summed E-state index contributed by atoms with van der Waals surface area (Å²) in [5, 5.41) is 16.4. The summed E-state index contributed by atoms with van der Waals surface area (Å²) in [5.41, 5.74) is 0.430. The van der Waals surface area contributed by atoms with Gasteiger partial charge in [0.05, 0.1) is 12.1 Å². The first-order chi connectivity index (χ1) is 9.54. The third-order valence-corrected chi connectivity index (χ3v) is 2.72. The molecule has 1 fully saturated rings. The smallest absolute Gasteiger partial charge is 0.335 e. The first-order valence-electron chi connectivity index (χ1n) is 6.22. The highest BCUT2D eigenvalue weighted by atomic mass is 16.4. The van der Waals surface area contributed by atoms with Crippen LogP contribution in [0.5, 0.6) is 0 Å². The zero-order valence-corrected chi connectivity index (χ0v) is 10.7. The molecule has 0 heterocycles. The van der Waals surface area contributed by atoms with Crippen molar-refractivity contribution in [3.8, 4) is 0 Å². The standard InChI is InChI=1S/C13H15N3O4/c17-11(15-9-4-5-9)7-14-13(20)16-10-3-1-2-8(6-10)12(18)19/h1-3,6,9H,4-5,7H2,(H,15,17)(H,18,19)(H2,14,16,20). The number of carbonyl (C=O) groups is 3. The van der Waals surface area contributed by atoms with Crippen LogP contribution in [-0.2, 0) is 4.79 Å². The summed E-state index contributed by atoms with van der Waals surface area (Å²) in [6.45, 7) is -0.110. The average molecular weight is 277 g/mol. The van der Waals surface area contributed by atoms with Gasteiger partial charge in [0, 0.05) is 11.7 Å².